The SMILES string of the molecule is CC(C)c1ccccc1[C@H]1CCCN1C1CC2(CCN(c3ccc(C(=O)NS(=O)(=O)c4cc5c(c([N+](=O)[O-])c4)N[C@H]([C@H]4CC[C@@H](C)CC4)CO5)c(Oc4cnc5[nH]cc(F)c5c4)c3)CC2)C1. The van der Waals surface area contributed by atoms with Gasteiger partial charge >= 0.3 is 0 Å². The number of ether oxygens (including phenoxy) is 2. The number of piperidine rings is 1. The number of aromatic nitrogens is 2. The summed E-state index contributed by atoms with van der Waals surface area (Å²) in [6.45, 7) is 9.72. The fourth-order valence-electron chi connectivity index (χ4n) is 11.6. The van der Waals surface area contributed by atoms with Gasteiger partial charge in [0.25, 0.3) is 21.6 Å². The number of hydrogen-bond donors (Lipinski definition) is 3. The molecule has 348 valence electrons. The number of likely N-dealkylation sites (tertiary alicyclic amines) is 1. The largest absolute Gasteiger partial charge is 0.489 e. The van der Waals surface area contributed by atoms with Crippen LogP contribution in [0, 0.1) is 33.2 Å². The van der Waals surface area contributed by atoms with Crippen LogP contribution in [0.2, 0.25) is 0 Å². The van der Waals surface area contributed by atoms with E-state index >= 15 is 0 Å². The van der Waals surface area contributed by atoms with E-state index in [0.717, 1.165) is 69.9 Å². The van der Waals surface area contributed by atoms with Crippen molar-refractivity contribution >= 4 is 44.0 Å². The molecule has 2 saturated carbocycles. The number of carbonyl (C=O) groups is 1. The molecule has 66 heavy (non-hydrogen) atoms. The van der Waals surface area contributed by atoms with E-state index in [2.05, 4.69) is 74.8 Å². The number of nitrogens with one attached hydrogen (secondary N) is 3. The second-order valence-electron chi connectivity index (χ2n) is 19.8. The summed E-state index contributed by atoms with van der Waals surface area (Å²) >= 11 is 0. The molecule has 3 N–H and O–H groups in total. The molecule has 0 bridgehead atoms. The lowest BCUT2D eigenvalue weighted by atomic mass is 9.59. The Labute approximate surface area is 384 Å². The Kier molecular flexibility index (Phi) is 11.7. The highest BCUT2D eigenvalue weighted by molar-refractivity contribution is 7.90. The maximum absolute atomic E-state index is 14.7. The number of anilines is 2. The molecule has 5 heterocycles. The molecule has 1 amide bonds. The molecule has 1 spiro atoms. The van der Waals surface area contributed by atoms with E-state index in [1.807, 2.05) is 0 Å². The Balaban J connectivity index is 0.865. The van der Waals surface area contributed by atoms with Gasteiger partial charge in [-0.25, -0.2) is 22.5 Å². The van der Waals surface area contributed by atoms with Crippen molar-refractivity contribution in [2.24, 2.45) is 17.3 Å². The lowest BCUT2D eigenvalue weighted by Gasteiger charge is -2.56. The van der Waals surface area contributed by atoms with E-state index in [0.29, 0.717) is 29.6 Å². The molecule has 16 heteroatoms. The van der Waals surface area contributed by atoms with E-state index in [1.165, 1.54) is 67.4 Å². The molecule has 0 radical (unpaired) electrons. The van der Waals surface area contributed by atoms with Gasteiger partial charge in [0.15, 0.2) is 11.4 Å². The second kappa shape index (κ2) is 17.5. The third kappa shape index (κ3) is 8.46. The molecular formula is C50H58FN7O7S. The van der Waals surface area contributed by atoms with E-state index in [1.54, 1.807) is 12.1 Å². The van der Waals surface area contributed by atoms with E-state index in [4.69, 9.17) is 9.47 Å². The molecule has 5 aromatic rings. The quantitative estimate of drug-likeness (QED) is 0.0850. The number of amides is 1. The van der Waals surface area contributed by atoms with Gasteiger partial charge in [-0.1, -0.05) is 57.9 Å². The summed E-state index contributed by atoms with van der Waals surface area (Å²) in [7, 11) is -4.68. The maximum atomic E-state index is 14.7. The van der Waals surface area contributed by atoms with E-state index in [-0.39, 0.29) is 57.9 Å². The number of nitro groups is 1. The van der Waals surface area contributed by atoms with Crippen LogP contribution in [0.1, 0.15) is 118 Å². The number of carbonyl (C=O) groups excluding carboxylic acids is 1. The van der Waals surface area contributed by atoms with Crippen LogP contribution in [0.5, 0.6) is 17.2 Å². The van der Waals surface area contributed by atoms with E-state index in [9.17, 15) is 27.7 Å². The number of fused-ring (bicyclic) bond motifs is 2. The van der Waals surface area contributed by atoms with Gasteiger partial charge in [-0.3, -0.25) is 19.8 Å². The van der Waals surface area contributed by atoms with Crippen LogP contribution in [-0.2, 0) is 10.0 Å². The van der Waals surface area contributed by atoms with Crippen LogP contribution in [0.3, 0.4) is 0 Å². The van der Waals surface area contributed by atoms with Crippen molar-refractivity contribution in [3.05, 3.63) is 106 Å². The lowest BCUT2D eigenvalue weighted by molar-refractivity contribution is -0.384. The summed E-state index contributed by atoms with van der Waals surface area (Å²) in [5, 5.41) is 15.9. The zero-order valence-electron chi connectivity index (χ0n) is 37.7. The molecular weight excluding hydrogens is 862 g/mol. The zero-order valence-corrected chi connectivity index (χ0v) is 38.5. The molecule has 0 unspecified atom stereocenters. The summed E-state index contributed by atoms with van der Waals surface area (Å²) < 4.78 is 57.0. The highest BCUT2D eigenvalue weighted by atomic mass is 32.2. The normalized spacial score (nSPS) is 23.3. The van der Waals surface area contributed by atoms with Crippen molar-refractivity contribution in [2.75, 3.05) is 36.5 Å². The highest BCUT2D eigenvalue weighted by Crippen LogP contribution is 2.54. The number of hydrogen-bond acceptors (Lipinski definition) is 11. The third-order valence-corrected chi connectivity index (χ3v) is 16.6. The predicted octanol–water partition coefficient (Wildman–Crippen LogP) is 10.2. The molecule has 14 nitrogen and oxygen atoms in total. The van der Waals surface area contributed by atoms with Crippen molar-refractivity contribution in [3.63, 3.8) is 0 Å². The molecule has 2 aliphatic carbocycles. The number of rotatable bonds is 11. The summed E-state index contributed by atoms with van der Waals surface area (Å²) in [6, 6.07) is 18.4. The van der Waals surface area contributed by atoms with Gasteiger partial charge in [-0.2, -0.15) is 0 Å². The molecule has 2 aromatic heterocycles. The number of sulfonamides is 1. The first-order chi connectivity index (χ1) is 31.7. The van der Waals surface area contributed by atoms with Gasteiger partial charge < -0.3 is 24.7 Å². The molecule has 10 rings (SSSR count). The minimum absolute atomic E-state index is 0.0269. The fraction of sp³-hybridized carbons (Fsp3) is 0.480. The first kappa shape index (κ1) is 44.1. The molecule has 3 aromatic carbocycles. The van der Waals surface area contributed by atoms with Crippen LogP contribution < -0.4 is 24.4 Å². The summed E-state index contributed by atoms with van der Waals surface area (Å²) in [6.07, 6.45) is 13.4. The number of nitro benzene ring substituents is 1. The third-order valence-electron chi connectivity index (χ3n) is 15.3. The summed E-state index contributed by atoms with van der Waals surface area (Å²) in [5.41, 5.74) is 3.86. The van der Waals surface area contributed by atoms with Crippen molar-refractivity contribution in [1.29, 1.82) is 0 Å². The highest BCUT2D eigenvalue weighted by Gasteiger charge is 2.50. The average Bonchev–Trinajstić information content (AvgIpc) is 3.94. The number of pyridine rings is 1. The topological polar surface area (TPSA) is 172 Å². The molecule has 4 fully saturated rings. The Hall–Kier alpha value is -5.74. The van der Waals surface area contributed by atoms with Crippen molar-refractivity contribution in [1.82, 2.24) is 19.6 Å². The van der Waals surface area contributed by atoms with Gasteiger partial charge in [0.05, 0.1) is 33.0 Å². The molecule has 3 aliphatic heterocycles. The van der Waals surface area contributed by atoms with Gasteiger partial charge in [0, 0.05) is 55.3 Å². The summed E-state index contributed by atoms with van der Waals surface area (Å²) in [5.74, 6) is 0.0386. The second-order valence-corrected chi connectivity index (χ2v) is 21.5. The first-order valence-electron chi connectivity index (χ1n) is 23.6. The number of halogens is 1. The molecule has 2 atom stereocenters. The smallest absolute Gasteiger partial charge is 0.297 e. The van der Waals surface area contributed by atoms with Crippen LogP contribution in [-0.4, -0.2) is 72.4 Å². The fourth-order valence-corrected chi connectivity index (χ4v) is 12.6. The standard InChI is InChI=1S/C50H58FN7O7S/c1-30(2)37-7-4-5-8-38(37)43-9-6-18-57(43)34-25-50(26-34)16-19-56(20-17-50)33-14-15-39(45(21-33)65-35-22-40-41(51)28-53-48(40)52-27-35)49(59)55-66(62,63)36-23-44(58(60)61)47-46(24-36)64-29-42(54-47)32-12-10-31(3)11-13-32/h4-5,7-8,14-15,21-24,27-28,30-32,34,42-43,54H,6,9-13,16-20,25-26,29H2,1-3H3,(H,52,53)(H,55,59)/t31-,32+,42-,43+/m0/s1. The number of H-pyrrole nitrogens is 1. The van der Waals surface area contributed by atoms with E-state index < -0.39 is 37.3 Å². The minimum Gasteiger partial charge on any atom is -0.489 e. The predicted molar refractivity (Wildman–Crippen MR) is 250 cm³/mol. The maximum Gasteiger partial charge on any atom is 0.297 e. The number of benzene rings is 3. The Morgan fingerprint density at radius 1 is 1.03 bits per heavy atom. The van der Waals surface area contributed by atoms with Crippen LogP contribution in [0.25, 0.3) is 11.0 Å². The van der Waals surface area contributed by atoms with Gasteiger partial charge in [0.2, 0.25) is 0 Å². The van der Waals surface area contributed by atoms with Gasteiger partial charge in [0.1, 0.15) is 29.6 Å². The van der Waals surface area contributed by atoms with Crippen LogP contribution in [0.15, 0.2) is 78.0 Å². The lowest BCUT2D eigenvalue weighted by Crippen LogP contribution is -2.54. The van der Waals surface area contributed by atoms with Crippen molar-refractivity contribution in [3.8, 4) is 17.2 Å². The zero-order chi connectivity index (χ0) is 45.9. The van der Waals surface area contributed by atoms with Crippen molar-refractivity contribution < 1.29 is 32.0 Å². The average molecular weight is 920 g/mol. The molecule has 5 aliphatic rings. The number of aromatic amines is 1. The van der Waals surface area contributed by atoms with Crippen LogP contribution in [0.4, 0.5) is 21.5 Å². The monoisotopic (exact) mass is 919 g/mol. The Morgan fingerprint density at radius 3 is 2.56 bits per heavy atom. The van der Waals surface area contributed by atoms with Crippen LogP contribution >= 0.6 is 0 Å². The molecule has 2 saturated heterocycles. The summed E-state index contributed by atoms with van der Waals surface area (Å²) in [4.78, 5) is 37.4. The van der Waals surface area contributed by atoms with Gasteiger partial charge in [-0.05, 0) is 110 Å². The Morgan fingerprint density at radius 2 is 1.80 bits per heavy atom. The number of nitrogens with zero attached hydrogens (tertiary/aromatic N) is 4. The van der Waals surface area contributed by atoms with Gasteiger partial charge in [-0.15, -0.1) is 0 Å². The first-order valence-corrected chi connectivity index (χ1v) is 25.1. The van der Waals surface area contributed by atoms with Crippen molar-refractivity contribution in [2.45, 2.75) is 114 Å². The Bertz CT molecular complexity index is 2770. The minimum atomic E-state index is -4.68.